The Bertz CT molecular complexity index is 450. The molecule has 1 fully saturated rings. The van der Waals surface area contributed by atoms with Crippen molar-refractivity contribution in [3.63, 3.8) is 0 Å². The van der Waals surface area contributed by atoms with Crippen molar-refractivity contribution in [2.24, 2.45) is 11.8 Å². The van der Waals surface area contributed by atoms with Gasteiger partial charge in [-0.1, -0.05) is 19.1 Å². The number of carbonyl (C=O) groups excluding carboxylic acids is 2. The van der Waals surface area contributed by atoms with Crippen LogP contribution in [0, 0.1) is 11.8 Å². The maximum absolute atomic E-state index is 12.1. The monoisotopic (exact) mass is 341 g/mol. The Labute approximate surface area is 142 Å². The third kappa shape index (κ3) is 6.77. The highest BCUT2D eigenvalue weighted by Crippen LogP contribution is 2.34. The average Bonchev–Trinajstić information content (AvgIpc) is 2.84. The highest BCUT2D eigenvalue weighted by molar-refractivity contribution is 7.98. The molecule has 0 heterocycles. The van der Waals surface area contributed by atoms with Gasteiger partial charge in [-0.15, -0.1) is 0 Å². The molecule has 2 N–H and O–H groups in total. The van der Waals surface area contributed by atoms with Gasteiger partial charge in [0.15, 0.2) is 0 Å². The zero-order chi connectivity index (χ0) is 17.2. The SMILES string of the molecule is CC/C=C/C[C@H]1C(=O)CC[C@@H]1CC(=O)N[C@@H](CCSC)C(=O)O. The first-order valence-electron chi connectivity index (χ1n) is 8.18. The lowest BCUT2D eigenvalue weighted by Gasteiger charge is -2.19. The number of nitrogens with one attached hydrogen (secondary N) is 1. The van der Waals surface area contributed by atoms with Crippen LogP contribution < -0.4 is 5.32 Å². The molecule has 0 aliphatic heterocycles. The van der Waals surface area contributed by atoms with Crippen molar-refractivity contribution in [1.82, 2.24) is 5.32 Å². The van der Waals surface area contributed by atoms with E-state index in [1.165, 1.54) is 0 Å². The third-order valence-electron chi connectivity index (χ3n) is 4.23. The van der Waals surface area contributed by atoms with E-state index in [0.717, 1.165) is 12.8 Å². The van der Waals surface area contributed by atoms with E-state index in [2.05, 4.69) is 5.32 Å². The zero-order valence-electron chi connectivity index (χ0n) is 13.9. The molecule has 1 rings (SSSR count). The highest BCUT2D eigenvalue weighted by atomic mass is 32.2. The first-order valence-corrected chi connectivity index (χ1v) is 9.57. The van der Waals surface area contributed by atoms with E-state index in [0.29, 0.717) is 25.0 Å². The van der Waals surface area contributed by atoms with Gasteiger partial charge in [-0.3, -0.25) is 9.59 Å². The van der Waals surface area contributed by atoms with Gasteiger partial charge in [0, 0.05) is 18.8 Å². The summed E-state index contributed by atoms with van der Waals surface area (Å²) in [5, 5.41) is 11.8. The fourth-order valence-corrected chi connectivity index (χ4v) is 3.41. The van der Waals surface area contributed by atoms with Gasteiger partial charge in [-0.25, -0.2) is 4.79 Å². The number of ketones is 1. The Morgan fingerprint density at radius 3 is 2.78 bits per heavy atom. The molecule has 0 radical (unpaired) electrons. The molecule has 130 valence electrons. The van der Waals surface area contributed by atoms with Gasteiger partial charge < -0.3 is 10.4 Å². The highest BCUT2D eigenvalue weighted by Gasteiger charge is 2.35. The summed E-state index contributed by atoms with van der Waals surface area (Å²) in [5.41, 5.74) is 0. The van der Waals surface area contributed by atoms with Crippen LogP contribution in [0.15, 0.2) is 12.2 Å². The summed E-state index contributed by atoms with van der Waals surface area (Å²) in [6, 6.07) is -0.842. The number of allylic oxidation sites excluding steroid dienone is 2. The quantitative estimate of drug-likeness (QED) is 0.597. The number of carboxylic acids is 1. The number of rotatable bonds is 10. The summed E-state index contributed by atoms with van der Waals surface area (Å²) in [7, 11) is 0. The standard InChI is InChI=1S/C17H27NO4S/c1-3-4-5-6-13-12(7-8-15(13)19)11-16(20)18-14(17(21)22)9-10-23-2/h4-5,12-14H,3,6-11H2,1-2H3,(H,18,20)(H,21,22)/b5-4+/t12-,13-,14+/m1/s1. The van der Waals surface area contributed by atoms with Crippen molar-refractivity contribution in [1.29, 1.82) is 0 Å². The van der Waals surface area contributed by atoms with Crippen LogP contribution in [0.2, 0.25) is 0 Å². The second-order valence-electron chi connectivity index (χ2n) is 5.93. The van der Waals surface area contributed by atoms with Crippen molar-refractivity contribution < 1.29 is 19.5 Å². The lowest BCUT2D eigenvalue weighted by atomic mass is 9.89. The molecule has 0 aromatic carbocycles. The van der Waals surface area contributed by atoms with Gasteiger partial charge in [-0.05, 0) is 43.6 Å². The third-order valence-corrected chi connectivity index (χ3v) is 4.87. The molecule has 5 nitrogen and oxygen atoms in total. The van der Waals surface area contributed by atoms with Gasteiger partial charge in [0.1, 0.15) is 11.8 Å². The van der Waals surface area contributed by atoms with Crippen LogP contribution in [0.25, 0.3) is 0 Å². The summed E-state index contributed by atoms with van der Waals surface area (Å²) in [4.78, 5) is 35.3. The van der Waals surface area contributed by atoms with E-state index >= 15 is 0 Å². The molecule has 1 saturated carbocycles. The van der Waals surface area contributed by atoms with Gasteiger partial charge in [0.25, 0.3) is 0 Å². The number of carboxylic acid groups (broad SMARTS) is 1. The molecule has 23 heavy (non-hydrogen) atoms. The summed E-state index contributed by atoms with van der Waals surface area (Å²) in [6.45, 7) is 2.04. The summed E-state index contributed by atoms with van der Waals surface area (Å²) >= 11 is 1.55. The van der Waals surface area contributed by atoms with Crippen LogP contribution in [0.1, 0.15) is 45.4 Å². The van der Waals surface area contributed by atoms with E-state index in [4.69, 9.17) is 5.11 Å². The molecule has 0 aromatic rings. The maximum Gasteiger partial charge on any atom is 0.326 e. The molecule has 3 atom stereocenters. The second-order valence-corrected chi connectivity index (χ2v) is 6.92. The Kier molecular flexibility index (Phi) is 8.99. The molecule has 0 spiro atoms. The molecule has 6 heteroatoms. The summed E-state index contributed by atoms with van der Waals surface area (Å²) < 4.78 is 0. The molecule has 0 bridgehead atoms. The molecule has 1 amide bonds. The molecule has 0 aromatic heterocycles. The fourth-order valence-electron chi connectivity index (χ4n) is 2.94. The van der Waals surface area contributed by atoms with Crippen molar-refractivity contribution in [3.8, 4) is 0 Å². The van der Waals surface area contributed by atoms with Gasteiger partial charge >= 0.3 is 5.97 Å². The Morgan fingerprint density at radius 2 is 2.17 bits per heavy atom. The molecular weight excluding hydrogens is 314 g/mol. The van der Waals surface area contributed by atoms with Gasteiger partial charge in [0.2, 0.25) is 5.91 Å². The van der Waals surface area contributed by atoms with Crippen LogP contribution in [0.3, 0.4) is 0 Å². The Morgan fingerprint density at radius 1 is 1.43 bits per heavy atom. The first-order chi connectivity index (χ1) is 11.0. The summed E-state index contributed by atoms with van der Waals surface area (Å²) in [5.74, 6) is -0.429. The first kappa shape index (κ1) is 19.7. The van der Waals surface area contributed by atoms with Crippen LogP contribution in [0.5, 0.6) is 0 Å². The van der Waals surface area contributed by atoms with Crippen molar-refractivity contribution in [2.45, 2.75) is 51.5 Å². The van der Waals surface area contributed by atoms with E-state index in [9.17, 15) is 14.4 Å². The van der Waals surface area contributed by atoms with Gasteiger partial charge in [-0.2, -0.15) is 11.8 Å². The second kappa shape index (κ2) is 10.5. The number of Topliss-reactive ketones (excluding diaryl/α,β-unsaturated/α-hetero) is 1. The predicted octanol–water partition coefficient (Wildman–Crippen LogP) is 2.65. The largest absolute Gasteiger partial charge is 0.480 e. The number of hydrogen-bond acceptors (Lipinski definition) is 4. The minimum absolute atomic E-state index is 0.0269. The smallest absolute Gasteiger partial charge is 0.326 e. The normalized spacial score (nSPS) is 22.4. The van der Waals surface area contributed by atoms with E-state index in [-0.39, 0.29) is 29.9 Å². The maximum atomic E-state index is 12.1. The van der Waals surface area contributed by atoms with Crippen molar-refractivity contribution in [3.05, 3.63) is 12.2 Å². The average molecular weight is 341 g/mol. The Hall–Kier alpha value is -1.30. The van der Waals surface area contributed by atoms with E-state index < -0.39 is 12.0 Å². The molecule has 1 aliphatic rings. The van der Waals surface area contributed by atoms with E-state index in [1.54, 1.807) is 11.8 Å². The van der Waals surface area contributed by atoms with E-state index in [1.807, 2.05) is 25.3 Å². The molecule has 0 saturated heterocycles. The minimum Gasteiger partial charge on any atom is -0.480 e. The number of aliphatic carboxylic acids is 1. The molecule has 0 unspecified atom stereocenters. The number of carbonyl (C=O) groups is 3. The van der Waals surface area contributed by atoms with Crippen LogP contribution in [0.4, 0.5) is 0 Å². The number of hydrogen-bond donors (Lipinski definition) is 2. The number of thioether (sulfide) groups is 1. The molecular formula is C17H27NO4S. The van der Waals surface area contributed by atoms with Crippen LogP contribution >= 0.6 is 11.8 Å². The summed E-state index contributed by atoms with van der Waals surface area (Å²) in [6.07, 6.45) is 9.45. The predicted molar refractivity (Wildman–Crippen MR) is 92.5 cm³/mol. The fraction of sp³-hybridized carbons (Fsp3) is 0.706. The lowest BCUT2D eigenvalue weighted by molar-refractivity contribution is -0.142. The van der Waals surface area contributed by atoms with Crippen LogP contribution in [-0.4, -0.2) is 40.8 Å². The Balaban J connectivity index is 2.55. The topological polar surface area (TPSA) is 83.5 Å². The van der Waals surface area contributed by atoms with Crippen molar-refractivity contribution >= 4 is 29.4 Å². The van der Waals surface area contributed by atoms with Crippen LogP contribution in [-0.2, 0) is 14.4 Å². The van der Waals surface area contributed by atoms with Crippen molar-refractivity contribution in [2.75, 3.05) is 12.0 Å². The molecule has 1 aliphatic carbocycles. The lowest BCUT2D eigenvalue weighted by Crippen LogP contribution is -2.42. The van der Waals surface area contributed by atoms with Gasteiger partial charge in [0.05, 0.1) is 0 Å². The number of amides is 1. The minimum atomic E-state index is -1.00. The zero-order valence-corrected chi connectivity index (χ0v) is 14.7.